The molecule has 0 saturated heterocycles. The average Bonchev–Trinajstić information content (AvgIpc) is 2.61. The second-order valence-electron chi connectivity index (χ2n) is 5.42. The summed E-state index contributed by atoms with van der Waals surface area (Å²) < 4.78 is 7.46. The molecule has 0 aliphatic heterocycles. The van der Waals surface area contributed by atoms with Crippen molar-refractivity contribution in [2.24, 2.45) is 0 Å². The summed E-state index contributed by atoms with van der Waals surface area (Å²) in [6.07, 6.45) is 1.75. The molecule has 0 bridgehead atoms. The van der Waals surface area contributed by atoms with Gasteiger partial charge in [-0.1, -0.05) is 13.8 Å². The van der Waals surface area contributed by atoms with Gasteiger partial charge in [-0.25, -0.2) is 4.98 Å². The largest absolute Gasteiger partial charge is 0.374 e. The van der Waals surface area contributed by atoms with Gasteiger partial charge < -0.3 is 10.1 Å². The summed E-state index contributed by atoms with van der Waals surface area (Å²) in [5, 5.41) is 7.65. The van der Waals surface area contributed by atoms with Gasteiger partial charge in [0.25, 0.3) is 0 Å². The summed E-state index contributed by atoms with van der Waals surface area (Å²) in [5.41, 5.74) is -0.0946. The van der Waals surface area contributed by atoms with Crippen molar-refractivity contribution in [2.75, 3.05) is 6.61 Å². The molecule has 17 heavy (non-hydrogen) atoms. The minimum atomic E-state index is -0.0946. The Morgan fingerprint density at radius 3 is 2.71 bits per heavy atom. The molecule has 1 aromatic rings. The fourth-order valence-corrected chi connectivity index (χ4v) is 1.26. The van der Waals surface area contributed by atoms with E-state index in [9.17, 15) is 0 Å². The number of aromatic nitrogens is 3. The van der Waals surface area contributed by atoms with E-state index in [2.05, 4.69) is 29.2 Å². The van der Waals surface area contributed by atoms with Crippen LogP contribution in [0.15, 0.2) is 6.33 Å². The van der Waals surface area contributed by atoms with Crippen molar-refractivity contribution in [3.63, 3.8) is 0 Å². The average molecular weight is 240 g/mol. The molecule has 0 aromatic carbocycles. The first kappa shape index (κ1) is 14.1. The lowest BCUT2D eigenvalue weighted by Crippen LogP contribution is -2.23. The van der Waals surface area contributed by atoms with Crippen LogP contribution >= 0.6 is 0 Å². The van der Waals surface area contributed by atoms with Crippen molar-refractivity contribution in [1.82, 2.24) is 20.1 Å². The van der Waals surface area contributed by atoms with Gasteiger partial charge >= 0.3 is 0 Å². The van der Waals surface area contributed by atoms with Crippen LogP contribution in [-0.2, 0) is 17.8 Å². The normalized spacial score (nSPS) is 12.4. The Morgan fingerprint density at radius 1 is 1.41 bits per heavy atom. The molecule has 0 spiro atoms. The Morgan fingerprint density at radius 2 is 2.12 bits per heavy atom. The van der Waals surface area contributed by atoms with E-state index in [4.69, 9.17) is 4.74 Å². The van der Waals surface area contributed by atoms with Crippen LogP contribution in [0.3, 0.4) is 0 Å². The second kappa shape index (κ2) is 6.12. The molecular weight excluding hydrogens is 216 g/mol. The lowest BCUT2D eigenvalue weighted by molar-refractivity contribution is -0.00795. The first-order valence-corrected chi connectivity index (χ1v) is 6.12. The number of hydrogen-bond donors (Lipinski definition) is 1. The van der Waals surface area contributed by atoms with E-state index in [-0.39, 0.29) is 5.60 Å². The maximum Gasteiger partial charge on any atom is 0.164 e. The predicted molar refractivity (Wildman–Crippen MR) is 67.7 cm³/mol. The molecule has 0 aliphatic carbocycles. The highest BCUT2D eigenvalue weighted by molar-refractivity contribution is 4.81. The van der Waals surface area contributed by atoms with Gasteiger partial charge in [0.05, 0.1) is 25.3 Å². The van der Waals surface area contributed by atoms with Gasteiger partial charge in [-0.3, -0.25) is 4.68 Å². The smallest absolute Gasteiger partial charge is 0.164 e. The Balaban J connectivity index is 2.31. The number of ether oxygens (including phenoxy) is 1. The molecule has 1 N–H and O–H groups in total. The first-order valence-electron chi connectivity index (χ1n) is 6.12. The lowest BCUT2D eigenvalue weighted by Gasteiger charge is -2.19. The summed E-state index contributed by atoms with van der Waals surface area (Å²) in [4.78, 5) is 4.24. The Hall–Kier alpha value is -0.940. The van der Waals surface area contributed by atoms with Crippen LogP contribution in [0, 0.1) is 0 Å². The minimum absolute atomic E-state index is 0.0946. The van der Waals surface area contributed by atoms with E-state index in [1.807, 2.05) is 25.5 Å². The topological polar surface area (TPSA) is 52.0 Å². The van der Waals surface area contributed by atoms with E-state index in [1.165, 1.54) is 0 Å². The van der Waals surface area contributed by atoms with Crippen LogP contribution in [0.5, 0.6) is 0 Å². The van der Waals surface area contributed by atoms with E-state index in [0.717, 1.165) is 12.4 Å². The summed E-state index contributed by atoms with van der Waals surface area (Å²) in [5.74, 6) is 0.828. The fraction of sp³-hybridized carbons (Fsp3) is 0.833. The molecule has 1 aromatic heterocycles. The van der Waals surface area contributed by atoms with E-state index < -0.39 is 0 Å². The third kappa shape index (κ3) is 6.38. The number of nitrogens with zero attached hydrogens (tertiary/aromatic N) is 3. The van der Waals surface area contributed by atoms with Crippen molar-refractivity contribution < 1.29 is 4.74 Å². The third-order valence-corrected chi connectivity index (χ3v) is 2.11. The molecule has 1 heterocycles. The van der Waals surface area contributed by atoms with Crippen LogP contribution in [0.4, 0.5) is 0 Å². The number of hydrogen-bond acceptors (Lipinski definition) is 4. The maximum absolute atomic E-state index is 5.64. The second-order valence-corrected chi connectivity index (χ2v) is 5.42. The zero-order valence-electron chi connectivity index (χ0n) is 11.5. The van der Waals surface area contributed by atoms with Crippen molar-refractivity contribution in [1.29, 1.82) is 0 Å². The zero-order valence-corrected chi connectivity index (χ0v) is 11.5. The number of nitrogens with one attached hydrogen (secondary N) is 1. The molecule has 0 atom stereocenters. The van der Waals surface area contributed by atoms with E-state index in [0.29, 0.717) is 19.2 Å². The molecule has 0 fully saturated rings. The van der Waals surface area contributed by atoms with Gasteiger partial charge in [0.15, 0.2) is 5.82 Å². The highest BCUT2D eigenvalue weighted by Crippen LogP contribution is 2.06. The predicted octanol–water partition coefficient (Wildman–Crippen LogP) is 1.59. The van der Waals surface area contributed by atoms with Gasteiger partial charge in [0.2, 0.25) is 0 Å². The van der Waals surface area contributed by atoms with Crippen LogP contribution in [0.1, 0.15) is 40.4 Å². The SMILES string of the molecule is CC(C)NCc1ncn(CCOC(C)(C)C)n1. The Bertz CT molecular complexity index is 327. The Kier molecular flexibility index (Phi) is 5.08. The van der Waals surface area contributed by atoms with Crippen LogP contribution < -0.4 is 5.32 Å². The van der Waals surface area contributed by atoms with Crippen molar-refractivity contribution in [2.45, 2.75) is 59.4 Å². The van der Waals surface area contributed by atoms with Crippen LogP contribution in [0.25, 0.3) is 0 Å². The lowest BCUT2D eigenvalue weighted by atomic mass is 10.2. The van der Waals surface area contributed by atoms with Gasteiger partial charge in [-0.2, -0.15) is 5.10 Å². The summed E-state index contributed by atoms with van der Waals surface area (Å²) >= 11 is 0. The van der Waals surface area contributed by atoms with E-state index in [1.54, 1.807) is 6.33 Å². The molecule has 0 radical (unpaired) electrons. The molecule has 0 aliphatic rings. The fourth-order valence-electron chi connectivity index (χ4n) is 1.26. The van der Waals surface area contributed by atoms with Crippen molar-refractivity contribution in [3.8, 4) is 0 Å². The van der Waals surface area contributed by atoms with Gasteiger partial charge in [0.1, 0.15) is 6.33 Å². The monoisotopic (exact) mass is 240 g/mol. The molecule has 0 amide bonds. The molecule has 1 rings (SSSR count). The van der Waals surface area contributed by atoms with Crippen LogP contribution in [0.2, 0.25) is 0 Å². The Labute approximate surface area is 104 Å². The van der Waals surface area contributed by atoms with Gasteiger partial charge in [-0.05, 0) is 20.8 Å². The number of rotatable bonds is 6. The molecule has 5 heteroatoms. The highest BCUT2D eigenvalue weighted by Gasteiger charge is 2.09. The van der Waals surface area contributed by atoms with Crippen molar-refractivity contribution in [3.05, 3.63) is 12.2 Å². The third-order valence-electron chi connectivity index (χ3n) is 2.11. The molecule has 0 unspecified atom stereocenters. The summed E-state index contributed by atoms with van der Waals surface area (Å²) in [6.45, 7) is 12.5. The van der Waals surface area contributed by atoms with Crippen LogP contribution in [-0.4, -0.2) is 33.0 Å². The summed E-state index contributed by atoms with van der Waals surface area (Å²) in [7, 11) is 0. The van der Waals surface area contributed by atoms with Gasteiger partial charge in [-0.15, -0.1) is 0 Å². The van der Waals surface area contributed by atoms with E-state index >= 15 is 0 Å². The minimum Gasteiger partial charge on any atom is -0.374 e. The maximum atomic E-state index is 5.64. The molecular formula is C12H24N4O. The molecule has 98 valence electrons. The summed E-state index contributed by atoms with van der Waals surface area (Å²) in [6, 6.07) is 0.450. The molecule has 0 saturated carbocycles. The standard InChI is InChI=1S/C12H24N4O/c1-10(2)13-8-11-14-9-16(15-11)6-7-17-12(3,4)5/h9-10,13H,6-8H2,1-5H3. The van der Waals surface area contributed by atoms with Gasteiger partial charge in [0, 0.05) is 6.04 Å². The highest BCUT2D eigenvalue weighted by atomic mass is 16.5. The quantitative estimate of drug-likeness (QED) is 0.820. The van der Waals surface area contributed by atoms with Crippen molar-refractivity contribution >= 4 is 0 Å². The zero-order chi connectivity index (χ0) is 12.9. The first-order chi connectivity index (χ1) is 7.87. The molecule has 5 nitrogen and oxygen atoms in total.